The van der Waals surface area contributed by atoms with Gasteiger partial charge in [0.2, 0.25) is 0 Å². The number of hydrogen-bond donors (Lipinski definition) is 2. The third-order valence-electron chi connectivity index (χ3n) is 4.98. The highest BCUT2D eigenvalue weighted by molar-refractivity contribution is 5.73. The van der Waals surface area contributed by atoms with Crippen molar-refractivity contribution in [2.45, 2.75) is 44.6 Å². The number of halogens is 3. The van der Waals surface area contributed by atoms with Crippen LogP contribution in [-0.4, -0.2) is 36.6 Å². The minimum Gasteiger partial charge on any atom is -0.491 e. The van der Waals surface area contributed by atoms with Crippen molar-refractivity contribution in [3.63, 3.8) is 0 Å². The van der Waals surface area contributed by atoms with Crippen molar-refractivity contribution in [2.24, 2.45) is 0 Å². The van der Waals surface area contributed by atoms with Gasteiger partial charge in [0.15, 0.2) is 0 Å². The average Bonchev–Trinajstić information content (AvgIpc) is 3.21. The Bertz CT molecular complexity index is 846. The maximum absolute atomic E-state index is 10.6. The molecule has 2 aliphatic rings. The van der Waals surface area contributed by atoms with Gasteiger partial charge in [-0.25, -0.2) is 4.79 Å². The molecule has 162 valence electrons. The summed E-state index contributed by atoms with van der Waals surface area (Å²) < 4.78 is 43.3. The standard InChI is InChI=1S/C20H23NO2.C2HF3O2/c1-2-10-22-20(3-1)14-23-19-8-6-15(7-9-19)16-4-5-17-12-21-13-18(17)11-16;3-2(4,5)1(6)7/h4-9,11,20-21H,1-3,10,12-14H2;(H,6,7). The van der Waals surface area contributed by atoms with Gasteiger partial charge in [0.05, 0.1) is 6.10 Å². The number of nitrogens with one attached hydrogen (secondary N) is 1. The van der Waals surface area contributed by atoms with Gasteiger partial charge in [-0.05, 0) is 59.7 Å². The molecule has 5 nitrogen and oxygen atoms in total. The minimum atomic E-state index is -5.08. The number of ether oxygens (including phenoxy) is 2. The first-order chi connectivity index (χ1) is 14.3. The molecule has 1 atom stereocenters. The Morgan fingerprint density at radius 1 is 1.07 bits per heavy atom. The molecule has 4 rings (SSSR count). The predicted octanol–water partition coefficient (Wildman–Crippen LogP) is 4.54. The Morgan fingerprint density at radius 3 is 2.37 bits per heavy atom. The zero-order valence-corrected chi connectivity index (χ0v) is 16.4. The normalized spacial score (nSPS) is 18.2. The Balaban J connectivity index is 0.000000318. The summed E-state index contributed by atoms with van der Waals surface area (Å²) in [5.41, 5.74) is 5.34. The van der Waals surface area contributed by atoms with Crippen molar-refractivity contribution in [3.8, 4) is 16.9 Å². The Kier molecular flexibility index (Phi) is 7.33. The third-order valence-corrected chi connectivity index (χ3v) is 4.98. The SMILES string of the molecule is O=C(O)C(F)(F)F.c1cc(-c2ccc3c(c2)CNC3)ccc1OCC1CCCCO1. The first-order valence-electron chi connectivity index (χ1n) is 9.80. The van der Waals surface area contributed by atoms with Crippen LogP contribution >= 0.6 is 0 Å². The maximum atomic E-state index is 10.6. The van der Waals surface area contributed by atoms with Crippen LogP contribution in [0.3, 0.4) is 0 Å². The smallest absolute Gasteiger partial charge is 0.490 e. The number of carboxylic acids is 1. The molecule has 0 radical (unpaired) electrons. The summed E-state index contributed by atoms with van der Waals surface area (Å²) in [6, 6.07) is 15.1. The Morgan fingerprint density at radius 2 is 1.73 bits per heavy atom. The first-order valence-corrected chi connectivity index (χ1v) is 9.80. The molecule has 0 amide bonds. The monoisotopic (exact) mass is 423 g/mol. The summed E-state index contributed by atoms with van der Waals surface area (Å²) in [5, 5.41) is 10.5. The fourth-order valence-corrected chi connectivity index (χ4v) is 3.35. The van der Waals surface area contributed by atoms with E-state index in [4.69, 9.17) is 19.4 Å². The fourth-order valence-electron chi connectivity index (χ4n) is 3.35. The molecule has 0 spiro atoms. The lowest BCUT2D eigenvalue weighted by atomic mass is 10.0. The highest BCUT2D eigenvalue weighted by atomic mass is 19.4. The summed E-state index contributed by atoms with van der Waals surface area (Å²) in [5.74, 6) is -1.83. The number of aliphatic carboxylic acids is 1. The minimum absolute atomic E-state index is 0.257. The molecule has 2 heterocycles. The number of benzene rings is 2. The molecule has 1 saturated heterocycles. The van der Waals surface area contributed by atoms with Gasteiger partial charge in [-0.3, -0.25) is 0 Å². The topological polar surface area (TPSA) is 67.8 Å². The molecule has 0 saturated carbocycles. The van der Waals surface area contributed by atoms with Gasteiger partial charge in [0, 0.05) is 19.7 Å². The van der Waals surface area contributed by atoms with Crippen LogP contribution in [0.1, 0.15) is 30.4 Å². The zero-order valence-electron chi connectivity index (χ0n) is 16.4. The van der Waals surface area contributed by atoms with Gasteiger partial charge < -0.3 is 19.9 Å². The van der Waals surface area contributed by atoms with Crippen molar-refractivity contribution in [2.75, 3.05) is 13.2 Å². The van der Waals surface area contributed by atoms with Crippen molar-refractivity contribution < 1.29 is 32.5 Å². The lowest BCUT2D eigenvalue weighted by Gasteiger charge is -2.22. The van der Waals surface area contributed by atoms with E-state index in [9.17, 15) is 13.2 Å². The molecule has 8 heteroatoms. The van der Waals surface area contributed by atoms with E-state index in [1.807, 2.05) is 0 Å². The van der Waals surface area contributed by atoms with Gasteiger partial charge >= 0.3 is 12.1 Å². The van der Waals surface area contributed by atoms with E-state index in [0.29, 0.717) is 6.61 Å². The molecule has 0 aromatic heterocycles. The molecular formula is C22H24F3NO4. The van der Waals surface area contributed by atoms with Gasteiger partial charge in [0.25, 0.3) is 0 Å². The van der Waals surface area contributed by atoms with E-state index in [0.717, 1.165) is 31.9 Å². The quantitative estimate of drug-likeness (QED) is 0.756. The molecule has 1 fully saturated rings. The maximum Gasteiger partial charge on any atom is 0.490 e. The Hall–Kier alpha value is -2.58. The summed E-state index contributed by atoms with van der Waals surface area (Å²) in [6.07, 6.45) is -1.28. The second kappa shape index (κ2) is 9.95. The molecule has 2 aliphatic heterocycles. The molecule has 1 unspecified atom stereocenters. The van der Waals surface area contributed by atoms with Gasteiger partial charge in [-0.2, -0.15) is 13.2 Å². The Labute approximate surface area is 172 Å². The van der Waals surface area contributed by atoms with E-state index in [1.165, 1.54) is 35.1 Å². The summed E-state index contributed by atoms with van der Waals surface area (Å²) in [6.45, 7) is 3.50. The lowest BCUT2D eigenvalue weighted by Crippen LogP contribution is -2.25. The van der Waals surface area contributed by atoms with E-state index in [1.54, 1.807) is 0 Å². The van der Waals surface area contributed by atoms with Gasteiger partial charge in [0.1, 0.15) is 12.4 Å². The van der Waals surface area contributed by atoms with Crippen LogP contribution in [0.25, 0.3) is 11.1 Å². The van der Waals surface area contributed by atoms with Gasteiger partial charge in [-0.1, -0.05) is 24.3 Å². The largest absolute Gasteiger partial charge is 0.491 e. The van der Waals surface area contributed by atoms with Crippen LogP contribution in [0.4, 0.5) is 13.2 Å². The molecular weight excluding hydrogens is 399 g/mol. The van der Waals surface area contributed by atoms with Crippen LogP contribution in [0.5, 0.6) is 5.75 Å². The third kappa shape index (κ3) is 6.21. The number of alkyl halides is 3. The number of carbonyl (C=O) groups is 1. The average molecular weight is 423 g/mol. The van der Waals surface area contributed by atoms with E-state index < -0.39 is 12.1 Å². The molecule has 0 bridgehead atoms. The molecule has 30 heavy (non-hydrogen) atoms. The number of hydrogen-bond acceptors (Lipinski definition) is 4. The van der Waals surface area contributed by atoms with Crippen molar-refractivity contribution in [1.29, 1.82) is 0 Å². The summed E-state index contributed by atoms with van der Waals surface area (Å²) >= 11 is 0. The second-order valence-electron chi connectivity index (χ2n) is 7.21. The van der Waals surface area contributed by atoms with E-state index >= 15 is 0 Å². The van der Waals surface area contributed by atoms with E-state index in [-0.39, 0.29) is 6.10 Å². The zero-order chi connectivity index (χ0) is 21.6. The van der Waals surface area contributed by atoms with Crippen LogP contribution in [0, 0.1) is 0 Å². The summed E-state index contributed by atoms with van der Waals surface area (Å²) in [7, 11) is 0. The summed E-state index contributed by atoms with van der Waals surface area (Å²) in [4.78, 5) is 8.90. The van der Waals surface area contributed by atoms with Crippen molar-refractivity contribution in [1.82, 2.24) is 5.32 Å². The van der Waals surface area contributed by atoms with Crippen LogP contribution in [0.15, 0.2) is 42.5 Å². The lowest BCUT2D eigenvalue weighted by molar-refractivity contribution is -0.192. The highest BCUT2D eigenvalue weighted by Gasteiger charge is 2.38. The number of rotatable bonds is 4. The predicted molar refractivity (Wildman–Crippen MR) is 105 cm³/mol. The highest BCUT2D eigenvalue weighted by Crippen LogP contribution is 2.27. The molecule has 2 N–H and O–H groups in total. The van der Waals surface area contributed by atoms with Crippen molar-refractivity contribution >= 4 is 5.97 Å². The number of fused-ring (bicyclic) bond motifs is 1. The van der Waals surface area contributed by atoms with Crippen LogP contribution < -0.4 is 10.1 Å². The van der Waals surface area contributed by atoms with Gasteiger partial charge in [-0.15, -0.1) is 0 Å². The molecule has 2 aromatic carbocycles. The van der Waals surface area contributed by atoms with Crippen molar-refractivity contribution in [3.05, 3.63) is 53.6 Å². The molecule has 0 aliphatic carbocycles. The van der Waals surface area contributed by atoms with Crippen LogP contribution in [0.2, 0.25) is 0 Å². The fraction of sp³-hybridized carbons (Fsp3) is 0.409. The number of carboxylic acid groups (broad SMARTS) is 1. The molecule has 2 aromatic rings. The van der Waals surface area contributed by atoms with Crippen LogP contribution in [-0.2, 0) is 22.6 Å². The second-order valence-corrected chi connectivity index (χ2v) is 7.21. The van der Waals surface area contributed by atoms with E-state index in [2.05, 4.69) is 47.8 Å². The first kappa shape index (κ1) is 22.1.